The number of nitrogens with zero attached hydrogens (tertiary/aromatic N) is 2. The first-order chi connectivity index (χ1) is 9.40. The number of likely N-dealkylation sites (N-methyl/N-ethyl adjacent to an activating group) is 1. The standard InChI is InChI=1S/C15H20N2O3/c1-10(2)16(3)14(18)9-17-7-6-11-4-5-12(15(19)20)8-13(11)17/h4-5,8,10H,6-7,9H2,1-3H3,(H,19,20). The minimum atomic E-state index is -0.940. The van der Waals surface area contributed by atoms with Crippen molar-refractivity contribution in [2.24, 2.45) is 0 Å². The quantitative estimate of drug-likeness (QED) is 0.907. The summed E-state index contributed by atoms with van der Waals surface area (Å²) in [5.74, 6) is -0.890. The van der Waals surface area contributed by atoms with Crippen LogP contribution in [0.2, 0.25) is 0 Å². The highest BCUT2D eigenvalue weighted by atomic mass is 16.4. The fourth-order valence-electron chi connectivity index (χ4n) is 2.31. The molecule has 0 radical (unpaired) electrons. The molecule has 1 aliphatic heterocycles. The van der Waals surface area contributed by atoms with Gasteiger partial charge in [0.2, 0.25) is 5.91 Å². The summed E-state index contributed by atoms with van der Waals surface area (Å²) in [6.45, 7) is 5.00. The van der Waals surface area contributed by atoms with Crippen LogP contribution >= 0.6 is 0 Å². The monoisotopic (exact) mass is 276 g/mol. The Balaban J connectivity index is 2.17. The molecule has 108 valence electrons. The van der Waals surface area contributed by atoms with Gasteiger partial charge in [0, 0.05) is 25.3 Å². The zero-order valence-corrected chi connectivity index (χ0v) is 12.1. The molecular weight excluding hydrogens is 256 g/mol. The molecule has 0 saturated heterocycles. The lowest BCUT2D eigenvalue weighted by atomic mass is 10.1. The van der Waals surface area contributed by atoms with Crippen LogP contribution in [0, 0.1) is 0 Å². The third-order valence-corrected chi connectivity index (χ3v) is 3.82. The molecular formula is C15H20N2O3. The van der Waals surface area contributed by atoms with Crippen LogP contribution in [0.1, 0.15) is 29.8 Å². The molecule has 1 aromatic rings. The van der Waals surface area contributed by atoms with Crippen molar-refractivity contribution in [1.82, 2.24) is 4.90 Å². The number of hydrogen-bond acceptors (Lipinski definition) is 3. The number of aromatic carboxylic acids is 1. The Hall–Kier alpha value is -2.04. The molecule has 0 spiro atoms. The summed E-state index contributed by atoms with van der Waals surface area (Å²) in [6.07, 6.45) is 0.855. The molecule has 2 rings (SSSR count). The smallest absolute Gasteiger partial charge is 0.335 e. The highest BCUT2D eigenvalue weighted by molar-refractivity contribution is 5.90. The number of fused-ring (bicyclic) bond motifs is 1. The van der Waals surface area contributed by atoms with E-state index in [1.165, 1.54) is 0 Å². The zero-order valence-electron chi connectivity index (χ0n) is 12.1. The molecule has 1 aromatic carbocycles. The van der Waals surface area contributed by atoms with Crippen LogP contribution in [-0.4, -0.2) is 48.1 Å². The van der Waals surface area contributed by atoms with E-state index in [1.54, 1.807) is 24.1 Å². The largest absolute Gasteiger partial charge is 0.478 e. The highest BCUT2D eigenvalue weighted by Crippen LogP contribution is 2.29. The summed E-state index contributed by atoms with van der Waals surface area (Å²) in [4.78, 5) is 26.8. The molecule has 1 amide bonds. The Kier molecular flexibility index (Phi) is 3.97. The summed E-state index contributed by atoms with van der Waals surface area (Å²) in [7, 11) is 1.79. The lowest BCUT2D eigenvalue weighted by Crippen LogP contribution is -2.41. The molecule has 0 fully saturated rings. The molecule has 1 heterocycles. The van der Waals surface area contributed by atoms with Crippen LogP contribution in [0.25, 0.3) is 0 Å². The summed E-state index contributed by atoms with van der Waals surface area (Å²) in [5.41, 5.74) is 2.24. The van der Waals surface area contributed by atoms with E-state index in [2.05, 4.69) is 0 Å². The Bertz CT molecular complexity index is 540. The van der Waals surface area contributed by atoms with Gasteiger partial charge in [0.05, 0.1) is 12.1 Å². The van der Waals surface area contributed by atoms with Crippen molar-refractivity contribution >= 4 is 17.6 Å². The van der Waals surface area contributed by atoms with E-state index in [0.29, 0.717) is 6.54 Å². The maximum absolute atomic E-state index is 12.1. The van der Waals surface area contributed by atoms with Crippen molar-refractivity contribution in [3.63, 3.8) is 0 Å². The maximum atomic E-state index is 12.1. The van der Waals surface area contributed by atoms with Gasteiger partial charge >= 0.3 is 5.97 Å². The predicted molar refractivity (Wildman–Crippen MR) is 77.2 cm³/mol. The number of carboxylic acids is 1. The van der Waals surface area contributed by atoms with E-state index in [4.69, 9.17) is 5.11 Å². The second kappa shape index (κ2) is 5.53. The van der Waals surface area contributed by atoms with E-state index in [-0.39, 0.29) is 17.5 Å². The summed E-state index contributed by atoms with van der Waals surface area (Å²) < 4.78 is 0. The number of rotatable bonds is 4. The van der Waals surface area contributed by atoms with Gasteiger partial charge in [0.25, 0.3) is 0 Å². The lowest BCUT2D eigenvalue weighted by molar-refractivity contribution is -0.129. The van der Waals surface area contributed by atoms with Gasteiger partial charge in [0.1, 0.15) is 0 Å². The van der Waals surface area contributed by atoms with Crippen LogP contribution in [0.3, 0.4) is 0 Å². The number of hydrogen-bond donors (Lipinski definition) is 1. The zero-order chi connectivity index (χ0) is 14.9. The first-order valence-electron chi connectivity index (χ1n) is 6.77. The SMILES string of the molecule is CC(C)N(C)C(=O)CN1CCc2ccc(C(=O)O)cc21. The van der Waals surface area contributed by atoms with Gasteiger partial charge in [-0.1, -0.05) is 6.07 Å². The molecule has 0 saturated carbocycles. The minimum Gasteiger partial charge on any atom is -0.478 e. The van der Waals surface area contributed by atoms with E-state index in [0.717, 1.165) is 24.2 Å². The highest BCUT2D eigenvalue weighted by Gasteiger charge is 2.24. The van der Waals surface area contributed by atoms with Gasteiger partial charge in [-0.05, 0) is 38.0 Å². The second-order valence-corrected chi connectivity index (χ2v) is 5.42. The number of carboxylic acid groups (broad SMARTS) is 1. The topological polar surface area (TPSA) is 60.9 Å². The van der Waals surface area contributed by atoms with Crippen LogP contribution in [0.5, 0.6) is 0 Å². The minimum absolute atomic E-state index is 0.0496. The number of anilines is 1. The molecule has 0 bridgehead atoms. The average molecular weight is 276 g/mol. The third kappa shape index (κ3) is 2.76. The number of benzene rings is 1. The van der Waals surface area contributed by atoms with E-state index < -0.39 is 5.97 Å². The number of amides is 1. The molecule has 20 heavy (non-hydrogen) atoms. The molecule has 0 unspecified atom stereocenters. The normalized spacial score (nSPS) is 13.5. The Morgan fingerprint density at radius 3 is 2.70 bits per heavy atom. The average Bonchev–Trinajstić information content (AvgIpc) is 2.80. The first-order valence-corrected chi connectivity index (χ1v) is 6.77. The van der Waals surface area contributed by atoms with Crippen LogP contribution in [0.15, 0.2) is 18.2 Å². The van der Waals surface area contributed by atoms with Gasteiger partial charge in [-0.2, -0.15) is 0 Å². The molecule has 0 aliphatic carbocycles. The van der Waals surface area contributed by atoms with Crippen molar-refractivity contribution in [2.45, 2.75) is 26.3 Å². The van der Waals surface area contributed by atoms with Gasteiger partial charge in [-0.3, -0.25) is 4.79 Å². The molecule has 5 nitrogen and oxygen atoms in total. The Morgan fingerprint density at radius 1 is 1.40 bits per heavy atom. The van der Waals surface area contributed by atoms with Crippen molar-refractivity contribution < 1.29 is 14.7 Å². The molecule has 0 atom stereocenters. The third-order valence-electron chi connectivity index (χ3n) is 3.82. The van der Waals surface area contributed by atoms with Gasteiger partial charge < -0.3 is 14.9 Å². The van der Waals surface area contributed by atoms with Crippen LogP contribution in [0.4, 0.5) is 5.69 Å². The molecule has 1 N–H and O–H groups in total. The fraction of sp³-hybridized carbons (Fsp3) is 0.467. The predicted octanol–water partition coefficient (Wildman–Crippen LogP) is 1.61. The van der Waals surface area contributed by atoms with Crippen LogP contribution < -0.4 is 4.90 Å². The second-order valence-electron chi connectivity index (χ2n) is 5.42. The maximum Gasteiger partial charge on any atom is 0.335 e. The number of carbonyl (C=O) groups excluding carboxylic acids is 1. The van der Waals surface area contributed by atoms with E-state index >= 15 is 0 Å². The Labute approximate surface area is 118 Å². The van der Waals surface area contributed by atoms with E-state index in [9.17, 15) is 9.59 Å². The molecule has 0 aromatic heterocycles. The van der Waals surface area contributed by atoms with Crippen molar-refractivity contribution in [1.29, 1.82) is 0 Å². The van der Waals surface area contributed by atoms with Crippen molar-refractivity contribution in [3.8, 4) is 0 Å². The van der Waals surface area contributed by atoms with Crippen molar-refractivity contribution in [2.75, 3.05) is 25.0 Å². The summed E-state index contributed by atoms with van der Waals surface area (Å²) >= 11 is 0. The molecule has 1 aliphatic rings. The van der Waals surface area contributed by atoms with Crippen molar-refractivity contribution in [3.05, 3.63) is 29.3 Å². The molecule has 5 heteroatoms. The first kappa shape index (κ1) is 14.4. The number of carbonyl (C=O) groups is 2. The summed E-state index contributed by atoms with van der Waals surface area (Å²) in [6, 6.07) is 5.28. The van der Waals surface area contributed by atoms with Gasteiger partial charge in [0.15, 0.2) is 0 Å². The van der Waals surface area contributed by atoms with Gasteiger partial charge in [-0.15, -0.1) is 0 Å². The summed E-state index contributed by atoms with van der Waals surface area (Å²) in [5, 5.41) is 9.05. The van der Waals surface area contributed by atoms with Gasteiger partial charge in [-0.25, -0.2) is 4.79 Å². The van der Waals surface area contributed by atoms with E-state index in [1.807, 2.05) is 24.8 Å². The Morgan fingerprint density at radius 2 is 2.10 bits per heavy atom. The van der Waals surface area contributed by atoms with Crippen LogP contribution in [-0.2, 0) is 11.2 Å². The lowest BCUT2D eigenvalue weighted by Gasteiger charge is -2.26. The fourth-order valence-corrected chi connectivity index (χ4v) is 2.31.